The minimum Gasteiger partial charge on any atom is -0.493 e. The van der Waals surface area contributed by atoms with Crippen molar-refractivity contribution in [2.75, 3.05) is 24.4 Å². The van der Waals surface area contributed by atoms with Gasteiger partial charge in [0.1, 0.15) is 17.8 Å². The van der Waals surface area contributed by atoms with E-state index in [0.717, 1.165) is 22.1 Å². The number of hydrogen-bond acceptors (Lipinski definition) is 5. The quantitative estimate of drug-likeness (QED) is 0.171. The van der Waals surface area contributed by atoms with Crippen LogP contribution in [0.1, 0.15) is 36.5 Å². The van der Waals surface area contributed by atoms with Gasteiger partial charge in [-0.05, 0) is 79.8 Å². The van der Waals surface area contributed by atoms with Crippen LogP contribution in [0.5, 0.6) is 11.5 Å². The molecule has 0 saturated heterocycles. The van der Waals surface area contributed by atoms with Gasteiger partial charge in [0, 0.05) is 35.4 Å². The molecular formula is C33H32FN3O4. The van der Waals surface area contributed by atoms with Crippen molar-refractivity contribution in [1.29, 1.82) is 0 Å². The molecule has 41 heavy (non-hydrogen) atoms. The number of rotatable bonds is 10. The lowest BCUT2D eigenvalue weighted by molar-refractivity contribution is -0.131. The smallest absolute Gasteiger partial charge is 0.240 e. The maximum Gasteiger partial charge on any atom is 0.240 e. The van der Waals surface area contributed by atoms with E-state index in [1.54, 1.807) is 43.6 Å². The molecule has 4 aromatic rings. The Morgan fingerprint density at radius 2 is 1.63 bits per heavy atom. The van der Waals surface area contributed by atoms with Gasteiger partial charge in [0.25, 0.3) is 0 Å². The fraction of sp³-hybridized carbons (Fsp3) is 0.242. The summed E-state index contributed by atoms with van der Waals surface area (Å²) in [7, 11) is 1.56. The number of nitrogens with one attached hydrogen (secondary N) is 2. The lowest BCUT2D eigenvalue weighted by Gasteiger charge is -2.16. The molecule has 0 bridgehead atoms. The van der Waals surface area contributed by atoms with Crippen molar-refractivity contribution < 1.29 is 23.5 Å². The van der Waals surface area contributed by atoms with E-state index in [4.69, 9.17) is 9.47 Å². The number of nitrogens with zero attached hydrogens (tertiary/aromatic N) is 1. The topological polar surface area (TPSA) is 89.5 Å². The van der Waals surface area contributed by atoms with Gasteiger partial charge in [-0.2, -0.15) is 0 Å². The molecule has 0 aliphatic heterocycles. The summed E-state index contributed by atoms with van der Waals surface area (Å²) >= 11 is 0. The average molecular weight is 554 g/mol. The van der Waals surface area contributed by atoms with Gasteiger partial charge in [-0.25, -0.2) is 4.39 Å². The van der Waals surface area contributed by atoms with Gasteiger partial charge in [0.05, 0.1) is 12.6 Å². The first kappa shape index (κ1) is 27.8. The Morgan fingerprint density at radius 1 is 0.951 bits per heavy atom. The first-order valence-corrected chi connectivity index (χ1v) is 13.4. The number of carbonyl (C=O) groups is 2. The summed E-state index contributed by atoms with van der Waals surface area (Å²) in [5.74, 6) is -0.155. The molecule has 2 amide bonds. The summed E-state index contributed by atoms with van der Waals surface area (Å²) in [6.07, 6.45) is 2.86. The summed E-state index contributed by atoms with van der Waals surface area (Å²) in [5, 5.41) is 6.38. The molecule has 2 N–H and O–H groups in total. The zero-order valence-corrected chi connectivity index (χ0v) is 23.3. The molecular weight excluding hydrogens is 521 g/mol. The Morgan fingerprint density at radius 3 is 2.27 bits per heavy atom. The lowest BCUT2D eigenvalue weighted by Crippen LogP contribution is -2.35. The number of pyridine rings is 1. The molecule has 1 fully saturated rings. The zero-order valence-electron chi connectivity index (χ0n) is 23.3. The van der Waals surface area contributed by atoms with Crippen molar-refractivity contribution >= 4 is 34.1 Å². The molecule has 1 heterocycles. The molecule has 1 aliphatic rings. The Labute approximate surface area is 238 Å². The first-order chi connectivity index (χ1) is 19.7. The average Bonchev–Trinajstić information content (AvgIpc) is 3.77. The second-order valence-corrected chi connectivity index (χ2v) is 10.6. The van der Waals surface area contributed by atoms with E-state index in [1.807, 2.05) is 38.1 Å². The van der Waals surface area contributed by atoms with Gasteiger partial charge >= 0.3 is 0 Å². The Balaban J connectivity index is 1.30. The number of amides is 2. The second-order valence-electron chi connectivity index (χ2n) is 10.6. The van der Waals surface area contributed by atoms with E-state index >= 15 is 4.39 Å². The van der Waals surface area contributed by atoms with Gasteiger partial charge < -0.3 is 20.1 Å². The number of benzene rings is 3. The third-order valence-electron chi connectivity index (χ3n) is 7.21. The number of carbonyl (C=O) groups excluding carboxylic acids is 2. The molecule has 210 valence electrons. The van der Waals surface area contributed by atoms with Crippen LogP contribution in [0.4, 0.5) is 15.8 Å². The SMILES string of the molecule is C=C(C)COc1cc2nccc(Cc3ccc(NC(=O)C4(C(=O)Nc5ccc(C)cc5)CC4)cc3F)c2cc1OC. The van der Waals surface area contributed by atoms with Crippen molar-refractivity contribution in [2.45, 2.75) is 33.1 Å². The van der Waals surface area contributed by atoms with Crippen molar-refractivity contribution in [3.8, 4) is 11.5 Å². The molecule has 0 spiro atoms. The van der Waals surface area contributed by atoms with Crippen LogP contribution in [-0.2, 0) is 16.0 Å². The maximum absolute atomic E-state index is 15.3. The summed E-state index contributed by atoms with van der Waals surface area (Å²) in [6.45, 7) is 8.05. The van der Waals surface area contributed by atoms with Gasteiger partial charge in [-0.3, -0.25) is 14.6 Å². The van der Waals surface area contributed by atoms with Crippen LogP contribution in [0, 0.1) is 18.2 Å². The van der Waals surface area contributed by atoms with Crippen molar-refractivity contribution in [2.24, 2.45) is 5.41 Å². The lowest BCUT2D eigenvalue weighted by atomic mass is 10.00. The van der Waals surface area contributed by atoms with Crippen molar-refractivity contribution in [3.05, 3.63) is 102 Å². The highest BCUT2D eigenvalue weighted by Gasteiger charge is 2.56. The predicted octanol–water partition coefficient (Wildman–Crippen LogP) is 6.59. The standard InChI is InChI=1S/C33H32FN3O4/c1-20(2)19-41-30-18-28-26(17-29(30)40-4)22(11-14-35-28)15-23-7-10-25(16-27(23)34)37-32(39)33(12-13-33)31(38)36-24-8-5-21(3)6-9-24/h5-11,14,16-18H,1,12-13,15,19H2,2-4H3,(H,36,38)(H,37,39). The Hall–Kier alpha value is -4.72. The molecule has 1 saturated carbocycles. The highest BCUT2D eigenvalue weighted by molar-refractivity contribution is 6.16. The molecule has 1 aromatic heterocycles. The number of aryl methyl sites for hydroxylation is 1. The molecule has 8 heteroatoms. The van der Waals surface area contributed by atoms with Crippen LogP contribution in [0.3, 0.4) is 0 Å². The van der Waals surface area contributed by atoms with Gasteiger partial charge in [-0.1, -0.05) is 30.3 Å². The third kappa shape index (κ3) is 6.06. The summed E-state index contributed by atoms with van der Waals surface area (Å²) in [6, 6.07) is 17.4. The van der Waals surface area contributed by atoms with Crippen LogP contribution in [0.15, 0.2) is 79.0 Å². The predicted molar refractivity (Wildman–Crippen MR) is 158 cm³/mol. The zero-order chi connectivity index (χ0) is 29.1. The summed E-state index contributed by atoms with van der Waals surface area (Å²) in [5.41, 5.74) is 3.74. The monoisotopic (exact) mass is 553 g/mol. The fourth-order valence-corrected chi connectivity index (χ4v) is 4.63. The molecule has 5 rings (SSSR count). The highest BCUT2D eigenvalue weighted by Crippen LogP contribution is 2.47. The number of fused-ring (bicyclic) bond motifs is 1. The van der Waals surface area contributed by atoms with E-state index < -0.39 is 17.1 Å². The summed E-state index contributed by atoms with van der Waals surface area (Å²) in [4.78, 5) is 30.4. The fourth-order valence-electron chi connectivity index (χ4n) is 4.63. The number of hydrogen-bond donors (Lipinski definition) is 2. The highest BCUT2D eigenvalue weighted by atomic mass is 19.1. The minimum absolute atomic E-state index is 0.297. The van der Waals surface area contributed by atoms with Crippen molar-refractivity contribution in [3.63, 3.8) is 0 Å². The molecule has 0 atom stereocenters. The number of methoxy groups -OCH3 is 1. The molecule has 7 nitrogen and oxygen atoms in total. The number of anilines is 2. The molecule has 0 radical (unpaired) electrons. The van der Waals surface area contributed by atoms with Gasteiger partial charge in [0.15, 0.2) is 11.5 Å². The van der Waals surface area contributed by atoms with E-state index in [2.05, 4.69) is 22.2 Å². The third-order valence-corrected chi connectivity index (χ3v) is 7.21. The van der Waals surface area contributed by atoms with E-state index in [0.29, 0.717) is 59.8 Å². The molecule has 1 aliphatic carbocycles. The van der Waals surface area contributed by atoms with Crippen LogP contribution >= 0.6 is 0 Å². The largest absolute Gasteiger partial charge is 0.493 e. The Bertz CT molecular complexity index is 1640. The maximum atomic E-state index is 15.3. The number of aromatic nitrogens is 1. The normalized spacial score (nSPS) is 13.4. The van der Waals surface area contributed by atoms with Gasteiger partial charge in [-0.15, -0.1) is 0 Å². The van der Waals surface area contributed by atoms with E-state index in [1.165, 1.54) is 6.07 Å². The van der Waals surface area contributed by atoms with Crippen LogP contribution < -0.4 is 20.1 Å². The van der Waals surface area contributed by atoms with E-state index in [-0.39, 0.29) is 5.91 Å². The van der Waals surface area contributed by atoms with Crippen molar-refractivity contribution in [1.82, 2.24) is 4.98 Å². The Kier molecular flexibility index (Phi) is 7.75. The number of halogens is 1. The first-order valence-electron chi connectivity index (χ1n) is 13.4. The summed E-state index contributed by atoms with van der Waals surface area (Å²) < 4.78 is 26.6. The van der Waals surface area contributed by atoms with Crippen LogP contribution in [0.2, 0.25) is 0 Å². The molecule has 0 unspecified atom stereocenters. The van der Waals surface area contributed by atoms with E-state index in [9.17, 15) is 9.59 Å². The molecule has 3 aromatic carbocycles. The van der Waals surface area contributed by atoms with Crippen LogP contribution in [0.25, 0.3) is 10.9 Å². The second kappa shape index (κ2) is 11.4. The van der Waals surface area contributed by atoms with Crippen LogP contribution in [-0.4, -0.2) is 30.5 Å². The van der Waals surface area contributed by atoms with Gasteiger partial charge in [0.2, 0.25) is 11.8 Å². The number of ether oxygens (including phenoxy) is 2. The minimum atomic E-state index is -1.15.